The molecule has 0 heterocycles. The minimum Gasteiger partial charge on any atom is -0.750 e. The minimum absolute atomic E-state index is 0.320. The average molecular weight is 343 g/mol. The zero-order chi connectivity index (χ0) is 15.3. The topological polar surface area (TPSA) is 177 Å². The van der Waals surface area contributed by atoms with Crippen molar-refractivity contribution in [3.8, 4) is 0 Å². The summed E-state index contributed by atoms with van der Waals surface area (Å²) in [5.41, 5.74) is -2.15. The van der Waals surface area contributed by atoms with Crippen molar-refractivity contribution < 1.29 is 47.3 Å². The first-order valence-electron chi connectivity index (χ1n) is 4.41. The number of hydrogen-bond donors (Lipinski definition) is 2. The molecule has 2 N–H and O–H groups in total. The third-order valence-corrected chi connectivity index (χ3v) is 3.11. The van der Waals surface area contributed by atoms with Gasteiger partial charge >= 0.3 is 20.8 Å². The van der Waals surface area contributed by atoms with Crippen LogP contribution in [-0.2, 0) is 44.7 Å². The van der Waals surface area contributed by atoms with Crippen LogP contribution in [0.1, 0.15) is 13.3 Å². The van der Waals surface area contributed by atoms with Crippen LogP contribution in [0.5, 0.6) is 0 Å². The van der Waals surface area contributed by atoms with Crippen molar-refractivity contribution in [2.45, 2.75) is 18.9 Å². The molecular weight excluding hydrogens is 332 g/mol. The maximum Gasteiger partial charge on any atom is 0.398 e. The van der Waals surface area contributed by atoms with Crippen molar-refractivity contribution in [1.82, 2.24) is 0 Å². The molecule has 0 fully saturated rings. The molecule has 0 aliphatic heterocycles. The first-order valence-corrected chi connectivity index (χ1v) is 8.14. The van der Waals surface area contributed by atoms with Gasteiger partial charge in [0.2, 0.25) is 0 Å². The van der Waals surface area contributed by atoms with E-state index in [9.17, 15) is 25.6 Å². The van der Waals surface area contributed by atoms with Crippen LogP contribution in [0.25, 0.3) is 0 Å². The molecule has 0 radical (unpaired) electrons. The van der Waals surface area contributed by atoms with Crippen molar-refractivity contribution in [3.63, 3.8) is 0 Å². The molecule has 0 aromatic heterocycles. The highest BCUT2D eigenvalue weighted by Gasteiger charge is 2.37. The van der Waals surface area contributed by atoms with Gasteiger partial charge in [0.25, 0.3) is 0 Å². The Morgan fingerprint density at radius 1 is 1.16 bits per heavy atom. The Hall–Kier alpha value is -0.190. The van der Waals surface area contributed by atoms with Crippen LogP contribution in [0.15, 0.2) is 0 Å². The van der Waals surface area contributed by atoms with E-state index >= 15 is 0 Å². The van der Waals surface area contributed by atoms with Gasteiger partial charge in [-0.15, -0.1) is 0 Å². The van der Waals surface area contributed by atoms with Crippen LogP contribution in [0.3, 0.4) is 0 Å². The molecular formula is C5H11O11S3-. The standard InChI is InChI=1S/C5H12O11S3/c1-2-5(3-14-17(6)7,16-19(11,12)13)4-15-18(8,9)10/h2-4H2,1H3,(H,6,7)(H,8,9,10)(H,11,12,13)/p-1. The second kappa shape index (κ2) is 7.00. The van der Waals surface area contributed by atoms with Gasteiger partial charge in [0.05, 0.1) is 18.0 Å². The Kier molecular flexibility index (Phi) is 6.93. The average Bonchev–Trinajstić information content (AvgIpc) is 2.19. The molecule has 0 amide bonds. The number of hydrogen-bond acceptors (Lipinski definition) is 9. The highest BCUT2D eigenvalue weighted by atomic mass is 32.3. The van der Waals surface area contributed by atoms with Gasteiger partial charge in [-0.1, -0.05) is 6.92 Å². The minimum atomic E-state index is -5.05. The summed E-state index contributed by atoms with van der Waals surface area (Å²) in [7, 11) is -9.97. The second-order valence-electron chi connectivity index (χ2n) is 3.20. The lowest BCUT2D eigenvalue weighted by Gasteiger charge is -2.29. The molecule has 0 aromatic rings. The smallest absolute Gasteiger partial charge is 0.398 e. The van der Waals surface area contributed by atoms with E-state index in [0.29, 0.717) is 0 Å². The Bertz CT molecular complexity index is 506. The molecule has 116 valence electrons. The van der Waals surface area contributed by atoms with Crippen LogP contribution in [0, 0.1) is 0 Å². The van der Waals surface area contributed by atoms with E-state index in [4.69, 9.17) is 9.11 Å². The second-order valence-corrected chi connectivity index (χ2v) is 5.96. The Labute approximate surface area is 112 Å². The molecule has 0 aliphatic carbocycles. The van der Waals surface area contributed by atoms with E-state index in [0.717, 1.165) is 0 Å². The van der Waals surface area contributed by atoms with Gasteiger partial charge in [-0.05, 0) is 6.42 Å². The summed E-state index contributed by atoms with van der Waals surface area (Å²) in [6, 6.07) is 0. The third-order valence-electron chi connectivity index (χ3n) is 1.82. The summed E-state index contributed by atoms with van der Waals surface area (Å²) >= 11 is -3.04. The highest BCUT2D eigenvalue weighted by Crippen LogP contribution is 2.21. The van der Waals surface area contributed by atoms with E-state index in [1.165, 1.54) is 6.92 Å². The van der Waals surface area contributed by atoms with Gasteiger partial charge in [-0.2, -0.15) is 16.8 Å². The van der Waals surface area contributed by atoms with Gasteiger partial charge in [0.15, 0.2) is 0 Å². The molecule has 0 bridgehead atoms. The van der Waals surface area contributed by atoms with Crippen LogP contribution in [-0.4, -0.2) is 53.5 Å². The highest BCUT2D eigenvalue weighted by molar-refractivity contribution is 7.81. The summed E-state index contributed by atoms with van der Waals surface area (Å²) in [6.07, 6.45) is -0.320. The Morgan fingerprint density at radius 3 is 2.00 bits per heavy atom. The predicted octanol–water partition coefficient (Wildman–Crippen LogP) is -1.42. The van der Waals surface area contributed by atoms with E-state index < -0.39 is 51.0 Å². The van der Waals surface area contributed by atoms with Gasteiger partial charge in [-0.25, -0.2) is 12.6 Å². The lowest BCUT2D eigenvalue weighted by molar-refractivity contribution is -0.0234. The van der Waals surface area contributed by atoms with Crippen molar-refractivity contribution in [3.05, 3.63) is 0 Å². The largest absolute Gasteiger partial charge is 0.750 e. The van der Waals surface area contributed by atoms with E-state index in [2.05, 4.69) is 12.5 Å². The van der Waals surface area contributed by atoms with Gasteiger partial charge < -0.3 is 4.55 Å². The predicted molar refractivity (Wildman–Crippen MR) is 58.0 cm³/mol. The maximum absolute atomic E-state index is 10.6. The zero-order valence-electron chi connectivity index (χ0n) is 9.41. The first kappa shape index (κ1) is 18.8. The normalized spacial score (nSPS) is 17.9. The van der Waals surface area contributed by atoms with Crippen molar-refractivity contribution in [2.24, 2.45) is 0 Å². The molecule has 14 heteroatoms. The van der Waals surface area contributed by atoms with Crippen LogP contribution in [0.4, 0.5) is 0 Å². The fraction of sp³-hybridized carbons (Fsp3) is 1.00. The third kappa shape index (κ3) is 9.36. The molecule has 11 nitrogen and oxygen atoms in total. The summed E-state index contributed by atoms with van der Waals surface area (Å²) in [4.78, 5) is 0. The number of rotatable bonds is 9. The summed E-state index contributed by atoms with van der Waals surface area (Å²) in [5.74, 6) is 0. The van der Waals surface area contributed by atoms with Crippen molar-refractivity contribution in [2.75, 3.05) is 13.2 Å². The zero-order valence-corrected chi connectivity index (χ0v) is 11.9. The molecule has 0 saturated carbocycles. The Morgan fingerprint density at radius 2 is 1.68 bits per heavy atom. The van der Waals surface area contributed by atoms with Gasteiger partial charge in [0, 0.05) is 0 Å². The van der Waals surface area contributed by atoms with Crippen LogP contribution >= 0.6 is 0 Å². The molecule has 0 saturated heterocycles. The maximum atomic E-state index is 10.6. The monoisotopic (exact) mass is 343 g/mol. The fourth-order valence-corrected chi connectivity index (χ4v) is 2.25. The quantitative estimate of drug-likeness (QED) is 0.371. The fourth-order valence-electron chi connectivity index (χ4n) is 0.914. The molecule has 0 aromatic carbocycles. The van der Waals surface area contributed by atoms with Gasteiger partial charge in [-0.3, -0.25) is 13.3 Å². The van der Waals surface area contributed by atoms with Crippen molar-refractivity contribution >= 4 is 32.2 Å². The summed E-state index contributed by atoms with van der Waals surface area (Å²) in [5, 5.41) is 0. The van der Waals surface area contributed by atoms with E-state index in [1.807, 2.05) is 0 Å². The molecule has 2 unspecified atom stereocenters. The first-order chi connectivity index (χ1) is 8.39. The SMILES string of the molecule is CCC(COS(=O)[O-])(COS(=O)(=O)O)OS(=O)(=O)O. The van der Waals surface area contributed by atoms with Gasteiger partial charge in [0.1, 0.15) is 12.2 Å². The molecule has 2 atom stereocenters. The molecule has 19 heavy (non-hydrogen) atoms. The lowest BCUT2D eigenvalue weighted by atomic mass is 10.0. The molecule has 0 rings (SSSR count). The lowest BCUT2D eigenvalue weighted by Crippen LogP contribution is -2.44. The summed E-state index contributed by atoms with van der Waals surface area (Å²) < 4.78 is 91.6. The van der Waals surface area contributed by atoms with E-state index in [-0.39, 0.29) is 6.42 Å². The van der Waals surface area contributed by atoms with E-state index in [1.54, 1.807) is 0 Å². The van der Waals surface area contributed by atoms with Crippen LogP contribution < -0.4 is 0 Å². The summed E-state index contributed by atoms with van der Waals surface area (Å²) in [6.45, 7) is -0.788. The Balaban J connectivity index is 5.10. The van der Waals surface area contributed by atoms with Crippen LogP contribution in [0.2, 0.25) is 0 Å². The molecule has 0 spiro atoms. The van der Waals surface area contributed by atoms with Crippen molar-refractivity contribution in [1.29, 1.82) is 0 Å². The molecule has 0 aliphatic rings.